The summed E-state index contributed by atoms with van der Waals surface area (Å²) in [7, 11) is 0. The minimum Gasteiger partial charge on any atom is -0.475 e. The first-order chi connectivity index (χ1) is 18.1. The Kier molecular flexibility index (Phi) is 10.5. The van der Waals surface area contributed by atoms with Crippen LogP contribution in [0.3, 0.4) is 0 Å². The van der Waals surface area contributed by atoms with Gasteiger partial charge in [-0.15, -0.1) is 0 Å². The quantitative estimate of drug-likeness (QED) is 0.457. The molecule has 17 heteroatoms. The van der Waals surface area contributed by atoms with E-state index in [1.807, 2.05) is 43.2 Å². The number of hydrogen-bond acceptors (Lipinski definition) is 7. The van der Waals surface area contributed by atoms with Gasteiger partial charge in [-0.3, -0.25) is 9.88 Å². The van der Waals surface area contributed by atoms with Gasteiger partial charge in [0.2, 0.25) is 0 Å². The van der Waals surface area contributed by atoms with Crippen LogP contribution in [-0.2, 0) is 35.8 Å². The summed E-state index contributed by atoms with van der Waals surface area (Å²) in [6.45, 7) is 8.52. The van der Waals surface area contributed by atoms with E-state index < -0.39 is 24.3 Å². The third-order valence-corrected chi connectivity index (χ3v) is 5.15. The second-order valence-corrected chi connectivity index (χ2v) is 8.39. The molecule has 0 spiro atoms. The summed E-state index contributed by atoms with van der Waals surface area (Å²) in [6, 6.07) is 4.12. The summed E-state index contributed by atoms with van der Waals surface area (Å²) in [5.74, 6) is -2.13. The molecule has 2 N–H and O–H groups in total. The highest BCUT2D eigenvalue weighted by molar-refractivity contribution is 5.73. The third kappa shape index (κ3) is 10.3. The van der Waals surface area contributed by atoms with Gasteiger partial charge in [0, 0.05) is 56.9 Å². The molecule has 39 heavy (non-hydrogen) atoms. The van der Waals surface area contributed by atoms with Gasteiger partial charge in [-0.1, -0.05) is 6.07 Å². The molecule has 0 fully saturated rings. The minimum atomic E-state index is -5.08. The van der Waals surface area contributed by atoms with Crippen molar-refractivity contribution in [1.29, 1.82) is 0 Å². The third-order valence-electron chi connectivity index (χ3n) is 5.15. The normalized spacial score (nSPS) is 15.6. The van der Waals surface area contributed by atoms with Crippen LogP contribution in [0, 0.1) is 19.8 Å². The first-order valence-corrected chi connectivity index (χ1v) is 11.2. The first-order valence-electron chi connectivity index (χ1n) is 11.2. The number of carboxylic acids is 2. The lowest BCUT2D eigenvalue weighted by Crippen LogP contribution is -2.30. The summed E-state index contributed by atoms with van der Waals surface area (Å²) in [6.07, 6.45) is -2.44. The Hall–Kier alpha value is -4.02. The lowest BCUT2D eigenvalue weighted by Gasteiger charge is -2.24. The van der Waals surface area contributed by atoms with Crippen LogP contribution < -0.4 is 0 Å². The molecule has 1 aliphatic heterocycles. The number of aromatic nitrogens is 6. The second kappa shape index (κ2) is 13.2. The van der Waals surface area contributed by atoms with Crippen molar-refractivity contribution in [3.63, 3.8) is 0 Å². The van der Waals surface area contributed by atoms with Crippen molar-refractivity contribution >= 4 is 11.9 Å². The highest BCUT2D eigenvalue weighted by Crippen LogP contribution is 2.19. The molecule has 0 bridgehead atoms. The largest absolute Gasteiger partial charge is 0.490 e. The van der Waals surface area contributed by atoms with Crippen LogP contribution in [0.25, 0.3) is 0 Å². The lowest BCUT2D eigenvalue weighted by molar-refractivity contribution is -0.193. The fraction of sp³-hybridized carbons (Fsp3) is 0.455. The van der Waals surface area contributed by atoms with Crippen molar-refractivity contribution in [3.05, 3.63) is 60.0 Å². The van der Waals surface area contributed by atoms with E-state index in [1.54, 1.807) is 0 Å². The number of fused-ring (bicyclic) bond motifs is 1. The van der Waals surface area contributed by atoms with E-state index in [0.717, 1.165) is 50.2 Å². The number of imidazole rings is 1. The van der Waals surface area contributed by atoms with Crippen molar-refractivity contribution in [2.75, 3.05) is 6.54 Å². The Labute approximate surface area is 217 Å². The van der Waals surface area contributed by atoms with Gasteiger partial charge in [-0.05, 0) is 25.5 Å². The molecule has 1 atom stereocenters. The van der Waals surface area contributed by atoms with Crippen LogP contribution in [0.15, 0.2) is 36.9 Å². The van der Waals surface area contributed by atoms with Crippen molar-refractivity contribution in [3.8, 4) is 0 Å². The van der Waals surface area contributed by atoms with Crippen molar-refractivity contribution in [2.45, 2.75) is 52.4 Å². The molecular weight excluding hydrogens is 540 g/mol. The van der Waals surface area contributed by atoms with E-state index in [1.165, 1.54) is 5.56 Å². The summed E-state index contributed by atoms with van der Waals surface area (Å²) in [5, 5.41) is 18.8. The monoisotopic (exact) mass is 565 g/mol. The molecule has 0 saturated carbocycles. The maximum Gasteiger partial charge on any atom is 0.490 e. The Bertz CT molecular complexity index is 1200. The highest BCUT2D eigenvalue weighted by atomic mass is 19.4. The van der Waals surface area contributed by atoms with Gasteiger partial charge in [-0.2, -0.15) is 31.4 Å². The molecule has 4 rings (SSSR count). The summed E-state index contributed by atoms with van der Waals surface area (Å²) in [5.41, 5.74) is 1.23. The molecule has 0 radical (unpaired) electrons. The van der Waals surface area contributed by atoms with E-state index in [2.05, 4.69) is 41.8 Å². The standard InChI is InChI=1S/C18H23N7.2C2HF3O2/c1-14-21-15(2)25(22-14)12-17-10-23(9-16-4-3-5-19-8-16)13-18-20-6-7-24(18)11-17;2*3-2(4,5)1(6)7/h3-8,17H,9-13H2,1-2H3;2*(H,6,7). The zero-order chi connectivity index (χ0) is 29.4. The predicted octanol–water partition coefficient (Wildman–Crippen LogP) is 3.09. The minimum absolute atomic E-state index is 0.451. The fourth-order valence-corrected chi connectivity index (χ4v) is 3.59. The number of rotatable bonds is 4. The van der Waals surface area contributed by atoms with Crippen LogP contribution in [-0.4, -0.2) is 75.2 Å². The van der Waals surface area contributed by atoms with Crippen LogP contribution >= 0.6 is 0 Å². The smallest absolute Gasteiger partial charge is 0.475 e. The predicted molar refractivity (Wildman–Crippen MR) is 121 cm³/mol. The zero-order valence-electron chi connectivity index (χ0n) is 20.7. The van der Waals surface area contributed by atoms with Crippen LogP contribution in [0.2, 0.25) is 0 Å². The number of alkyl halides is 6. The SMILES string of the molecule is Cc1nc(C)n(CC2CN(Cc3cccnc3)Cc3nccn3C2)n1.O=C(O)C(F)(F)F.O=C(O)C(F)(F)F. The number of halogens is 6. The van der Waals surface area contributed by atoms with Gasteiger partial charge in [-0.25, -0.2) is 24.2 Å². The van der Waals surface area contributed by atoms with Gasteiger partial charge < -0.3 is 14.8 Å². The molecule has 1 unspecified atom stereocenters. The molecule has 214 valence electrons. The zero-order valence-corrected chi connectivity index (χ0v) is 20.7. The van der Waals surface area contributed by atoms with Gasteiger partial charge in [0.05, 0.1) is 6.54 Å². The lowest BCUT2D eigenvalue weighted by atomic mass is 10.1. The Morgan fingerprint density at radius 1 is 1.03 bits per heavy atom. The molecule has 11 nitrogen and oxygen atoms in total. The second-order valence-electron chi connectivity index (χ2n) is 8.39. The van der Waals surface area contributed by atoms with Gasteiger partial charge in [0.25, 0.3) is 0 Å². The van der Waals surface area contributed by atoms with Gasteiger partial charge in [0.1, 0.15) is 17.5 Å². The van der Waals surface area contributed by atoms with Crippen LogP contribution in [0.5, 0.6) is 0 Å². The molecule has 3 aromatic heterocycles. The summed E-state index contributed by atoms with van der Waals surface area (Å²) < 4.78 is 67.8. The van der Waals surface area contributed by atoms with Crippen molar-refractivity contribution < 1.29 is 46.1 Å². The van der Waals surface area contributed by atoms with E-state index in [9.17, 15) is 26.3 Å². The first kappa shape index (κ1) is 31.2. The highest BCUT2D eigenvalue weighted by Gasteiger charge is 2.38. The molecule has 1 aliphatic rings. The van der Waals surface area contributed by atoms with E-state index in [0.29, 0.717) is 5.92 Å². The molecular formula is C22H25F6N7O4. The molecule has 0 amide bonds. The Morgan fingerprint density at radius 3 is 2.13 bits per heavy atom. The van der Waals surface area contributed by atoms with Crippen molar-refractivity contribution in [2.24, 2.45) is 5.92 Å². The topological polar surface area (TPSA) is 139 Å². The van der Waals surface area contributed by atoms with Crippen LogP contribution in [0.4, 0.5) is 26.3 Å². The molecule has 3 aromatic rings. The van der Waals surface area contributed by atoms with Gasteiger partial charge >= 0.3 is 24.3 Å². The number of hydrogen-bond donors (Lipinski definition) is 2. The average molecular weight is 565 g/mol. The average Bonchev–Trinajstić information content (AvgIpc) is 3.33. The van der Waals surface area contributed by atoms with Crippen LogP contribution in [0.1, 0.15) is 23.0 Å². The number of aryl methyl sites for hydroxylation is 2. The fourth-order valence-electron chi connectivity index (χ4n) is 3.59. The van der Waals surface area contributed by atoms with Crippen molar-refractivity contribution in [1.82, 2.24) is 34.2 Å². The molecule has 4 heterocycles. The van der Waals surface area contributed by atoms with E-state index >= 15 is 0 Å². The molecule has 0 saturated heterocycles. The number of aliphatic carboxylic acids is 2. The summed E-state index contributed by atoms with van der Waals surface area (Å²) in [4.78, 5) is 33.5. The summed E-state index contributed by atoms with van der Waals surface area (Å²) >= 11 is 0. The molecule has 0 aliphatic carbocycles. The maximum absolute atomic E-state index is 10.6. The number of nitrogens with zero attached hydrogens (tertiary/aromatic N) is 7. The number of pyridine rings is 1. The molecule has 0 aromatic carbocycles. The Balaban J connectivity index is 0.000000317. The maximum atomic E-state index is 10.6. The van der Waals surface area contributed by atoms with Gasteiger partial charge in [0.15, 0.2) is 0 Å². The Morgan fingerprint density at radius 2 is 1.64 bits per heavy atom. The number of carbonyl (C=O) groups is 2. The van der Waals surface area contributed by atoms with E-state index in [-0.39, 0.29) is 0 Å². The number of carboxylic acid groups (broad SMARTS) is 2. The van der Waals surface area contributed by atoms with E-state index in [4.69, 9.17) is 19.8 Å².